The topological polar surface area (TPSA) is 80.4 Å². The van der Waals surface area contributed by atoms with E-state index < -0.39 is 17.9 Å². The van der Waals surface area contributed by atoms with Gasteiger partial charge in [0.1, 0.15) is 11.8 Å². The van der Waals surface area contributed by atoms with Gasteiger partial charge in [0.05, 0.1) is 0 Å². The average molecular weight is 313 g/mol. The van der Waals surface area contributed by atoms with Crippen molar-refractivity contribution in [2.45, 2.75) is 96.9 Å². The van der Waals surface area contributed by atoms with Gasteiger partial charge in [-0.25, -0.2) is 0 Å². The van der Waals surface area contributed by atoms with Crippen molar-refractivity contribution in [3.05, 3.63) is 0 Å². The average Bonchev–Trinajstić information content (AvgIpc) is 2.50. The number of carboxylic acid groups (broad SMARTS) is 1. The zero-order chi connectivity index (χ0) is 16.8. The van der Waals surface area contributed by atoms with Crippen molar-refractivity contribution in [1.82, 2.24) is 0 Å². The molecule has 0 radical (unpaired) electrons. The van der Waals surface area contributed by atoms with Crippen LogP contribution in [0.25, 0.3) is 0 Å². The molecule has 0 amide bonds. The summed E-state index contributed by atoms with van der Waals surface area (Å²) in [6.07, 6.45) is 14.1. The molecule has 2 atom stereocenters. The van der Waals surface area contributed by atoms with E-state index >= 15 is 0 Å². The highest BCUT2D eigenvalue weighted by Crippen LogP contribution is 2.13. The summed E-state index contributed by atoms with van der Waals surface area (Å²) in [5, 5.41) is 8.78. The Bertz CT molecular complexity index is 305. The maximum absolute atomic E-state index is 11.8. The van der Waals surface area contributed by atoms with Crippen molar-refractivity contribution in [2.24, 2.45) is 11.7 Å². The molecule has 22 heavy (non-hydrogen) atoms. The van der Waals surface area contributed by atoms with Gasteiger partial charge in [0.15, 0.2) is 0 Å². The summed E-state index contributed by atoms with van der Waals surface area (Å²) in [7, 11) is 0. The molecule has 0 aliphatic carbocycles. The Kier molecular flexibility index (Phi) is 13.2. The molecule has 0 saturated heterocycles. The highest BCUT2D eigenvalue weighted by atomic mass is 16.4. The lowest BCUT2D eigenvalue weighted by Crippen LogP contribution is -2.40. The Labute approximate surface area is 135 Å². The first-order valence-corrected chi connectivity index (χ1v) is 9.01. The summed E-state index contributed by atoms with van der Waals surface area (Å²) < 4.78 is 0. The van der Waals surface area contributed by atoms with Crippen LogP contribution in [0.15, 0.2) is 0 Å². The van der Waals surface area contributed by atoms with Gasteiger partial charge in [-0.05, 0) is 6.42 Å². The largest absolute Gasteiger partial charge is 0.480 e. The van der Waals surface area contributed by atoms with E-state index in [1.54, 1.807) is 6.92 Å². The Morgan fingerprint density at radius 3 is 1.68 bits per heavy atom. The van der Waals surface area contributed by atoms with E-state index in [-0.39, 0.29) is 5.78 Å². The molecular formula is C18H35NO3. The van der Waals surface area contributed by atoms with Gasteiger partial charge in [-0.15, -0.1) is 0 Å². The quantitative estimate of drug-likeness (QED) is 0.442. The molecule has 3 N–H and O–H groups in total. The third-order valence-corrected chi connectivity index (χ3v) is 4.36. The van der Waals surface area contributed by atoms with E-state index in [0.717, 1.165) is 12.8 Å². The zero-order valence-corrected chi connectivity index (χ0v) is 14.5. The summed E-state index contributed by atoms with van der Waals surface area (Å²) in [6, 6.07) is -1.07. The number of carbonyl (C=O) groups is 2. The predicted octanol–water partition coefficient (Wildman–Crippen LogP) is 4.30. The fourth-order valence-corrected chi connectivity index (χ4v) is 2.61. The van der Waals surface area contributed by atoms with Crippen LogP contribution in [0.4, 0.5) is 0 Å². The van der Waals surface area contributed by atoms with Gasteiger partial charge in [-0.2, -0.15) is 0 Å². The predicted molar refractivity (Wildman–Crippen MR) is 90.9 cm³/mol. The van der Waals surface area contributed by atoms with Gasteiger partial charge in [0, 0.05) is 12.3 Å². The fraction of sp³-hybridized carbons (Fsp3) is 0.889. The third-order valence-electron chi connectivity index (χ3n) is 4.36. The van der Waals surface area contributed by atoms with Crippen LogP contribution in [-0.4, -0.2) is 22.9 Å². The van der Waals surface area contributed by atoms with Gasteiger partial charge in [-0.3, -0.25) is 9.59 Å². The van der Waals surface area contributed by atoms with Crippen molar-refractivity contribution in [3.8, 4) is 0 Å². The van der Waals surface area contributed by atoms with Crippen LogP contribution < -0.4 is 5.73 Å². The lowest BCUT2D eigenvalue weighted by atomic mass is 9.94. The first-order valence-electron chi connectivity index (χ1n) is 9.01. The van der Waals surface area contributed by atoms with Crippen LogP contribution in [0, 0.1) is 5.92 Å². The number of nitrogens with two attached hydrogens (primary N) is 1. The molecule has 0 spiro atoms. The van der Waals surface area contributed by atoms with E-state index in [2.05, 4.69) is 6.92 Å². The van der Waals surface area contributed by atoms with Crippen molar-refractivity contribution in [3.63, 3.8) is 0 Å². The van der Waals surface area contributed by atoms with E-state index in [9.17, 15) is 9.59 Å². The minimum atomic E-state index is -1.10. The standard InChI is InChI=1S/C18H35NO3/c1-3-4-5-6-7-8-9-10-11-12-13-14-16(20)15(2)17(19)18(21)22/h15,17H,3-14,19H2,1-2H3,(H,21,22)/t15?,17-/m0/s1. The number of Topliss-reactive ketones (excluding diaryl/α,β-unsaturated/α-hetero) is 1. The SMILES string of the molecule is CCCCCCCCCCCCCC(=O)C(C)[C@H](N)C(=O)O. The fourth-order valence-electron chi connectivity index (χ4n) is 2.61. The third kappa shape index (κ3) is 10.8. The smallest absolute Gasteiger partial charge is 0.321 e. The van der Waals surface area contributed by atoms with Gasteiger partial charge < -0.3 is 10.8 Å². The molecule has 0 aliphatic heterocycles. The van der Waals surface area contributed by atoms with Crippen molar-refractivity contribution < 1.29 is 14.7 Å². The maximum Gasteiger partial charge on any atom is 0.321 e. The van der Waals surface area contributed by atoms with Crippen LogP contribution in [-0.2, 0) is 9.59 Å². The first-order chi connectivity index (χ1) is 10.5. The molecule has 0 heterocycles. The molecule has 0 saturated carbocycles. The number of aliphatic carboxylic acids is 1. The molecular weight excluding hydrogens is 278 g/mol. The molecule has 0 aromatic rings. The maximum atomic E-state index is 11.8. The number of ketones is 1. The number of carboxylic acids is 1. The number of unbranched alkanes of at least 4 members (excludes halogenated alkanes) is 10. The van der Waals surface area contributed by atoms with Crippen molar-refractivity contribution >= 4 is 11.8 Å². The molecule has 0 aromatic heterocycles. The summed E-state index contributed by atoms with van der Waals surface area (Å²) in [4.78, 5) is 22.5. The molecule has 0 aromatic carbocycles. The van der Waals surface area contributed by atoms with Crippen molar-refractivity contribution in [2.75, 3.05) is 0 Å². The first kappa shape index (κ1) is 21.1. The number of carbonyl (C=O) groups excluding carboxylic acids is 1. The molecule has 130 valence electrons. The van der Waals surface area contributed by atoms with Gasteiger partial charge in [0.25, 0.3) is 0 Å². The van der Waals surface area contributed by atoms with Crippen LogP contribution in [0.5, 0.6) is 0 Å². The number of hydrogen-bond acceptors (Lipinski definition) is 3. The number of rotatable bonds is 15. The molecule has 0 rings (SSSR count). The molecule has 0 fully saturated rings. The van der Waals surface area contributed by atoms with E-state index in [1.165, 1.54) is 57.8 Å². The number of hydrogen-bond donors (Lipinski definition) is 2. The minimum Gasteiger partial charge on any atom is -0.480 e. The van der Waals surface area contributed by atoms with Gasteiger partial charge in [-0.1, -0.05) is 78.1 Å². The lowest BCUT2D eigenvalue weighted by molar-refractivity contribution is -0.142. The summed E-state index contributed by atoms with van der Waals surface area (Å²) in [5.74, 6) is -1.70. The van der Waals surface area contributed by atoms with Crippen LogP contribution in [0.1, 0.15) is 90.9 Å². The monoisotopic (exact) mass is 313 g/mol. The normalized spacial score (nSPS) is 13.8. The highest BCUT2D eigenvalue weighted by molar-refractivity contribution is 5.87. The van der Waals surface area contributed by atoms with Gasteiger partial charge >= 0.3 is 5.97 Å². The zero-order valence-electron chi connectivity index (χ0n) is 14.5. The molecule has 4 heteroatoms. The van der Waals surface area contributed by atoms with E-state index in [4.69, 9.17) is 10.8 Å². The van der Waals surface area contributed by atoms with Crippen LogP contribution >= 0.6 is 0 Å². The summed E-state index contributed by atoms with van der Waals surface area (Å²) in [5.41, 5.74) is 5.47. The molecule has 0 bridgehead atoms. The Morgan fingerprint density at radius 1 is 0.864 bits per heavy atom. The second-order valence-electron chi connectivity index (χ2n) is 6.40. The van der Waals surface area contributed by atoms with E-state index in [0.29, 0.717) is 6.42 Å². The second kappa shape index (κ2) is 13.7. The van der Waals surface area contributed by atoms with Crippen LogP contribution in [0.3, 0.4) is 0 Å². The second-order valence-corrected chi connectivity index (χ2v) is 6.40. The molecule has 1 unspecified atom stereocenters. The minimum absolute atomic E-state index is 0.0224. The Balaban J connectivity index is 3.42. The van der Waals surface area contributed by atoms with Crippen molar-refractivity contribution in [1.29, 1.82) is 0 Å². The Hall–Kier alpha value is -0.900. The van der Waals surface area contributed by atoms with Gasteiger partial charge in [0.2, 0.25) is 0 Å². The van der Waals surface area contributed by atoms with Crippen LogP contribution in [0.2, 0.25) is 0 Å². The lowest BCUT2D eigenvalue weighted by Gasteiger charge is -2.14. The summed E-state index contributed by atoms with van der Waals surface area (Å²) >= 11 is 0. The van der Waals surface area contributed by atoms with E-state index in [1.807, 2.05) is 0 Å². The Morgan fingerprint density at radius 2 is 1.27 bits per heavy atom. The molecule has 4 nitrogen and oxygen atoms in total. The highest BCUT2D eigenvalue weighted by Gasteiger charge is 2.25. The summed E-state index contributed by atoms with van der Waals surface area (Å²) in [6.45, 7) is 3.85. The molecule has 0 aliphatic rings.